The number of ether oxygens (including phenoxy) is 2. The van der Waals surface area contributed by atoms with E-state index in [2.05, 4.69) is 15.3 Å². The maximum absolute atomic E-state index is 12.7. The molecule has 6 nitrogen and oxygen atoms in total. The van der Waals surface area contributed by atoms with Crippen molar-refractivity contribution in [3.63, 3.8) is 0 Å². The van der Waals surface area contributed by atoms with Gasteiger partial charge < -0.3 is 14.8 Å². The molecule has 1 aliphatic heterocycles. The van der Waals surface area contributed by atoms with E-state index >= 15 is 0 Å². The van der Waals surface area contributed by atoms with E-state index in [1.807, 2.05) is 48.5 Å². The maximum Gasteiger partial charge on any atom is 0.252 e. The van der Waals surface area contributed by atoms with Gasteiger partial charge in [0.2, 0.25) is 0 Å². The minimum atomic E-state index is -0.127. The summed E-state index contributed by atoms with van der Waals surface area (Å²) in [4.78, 5) is 22.2. The maximum atomic E-state index is 12.7. The number of hydrogen-bond donors (Lipinski definition) is 1. The van der Waals surface area contributed by atoms with E-state index in [-0.39, 0.29) is 12.0 Å². The number of para-hydroxylation sites is 1. The van der Waals surface area contributed by atoms with Crippen molar-refractivity contribution in [3.8, 4) is 11.6 Å². The summed E-state index contributed by atoms with van der Waals surface area (Å²) in [5.74, 6) is 0.953. The fourth-order valence-corrected chi connectivity index (χ4v) is 3.93. The number of benzene rings is 2. The summed E-state index contributed by atoms with van der Waals surface area (Å²) >= 11 is 1.36. The molecule has 1 saturated heterocycles. The van der Waals surface area contributed by atoms with E-state index in [0.29, 0.717) is 28.8 Å². The molecule has 1 amide bonds. The molecule has 7 heteroatoms. The highest BCUT2D eigenvalue weighted by molar-refractivity contribution is 7.99. The fourth-order valence-electron chi connectivity index (χ4n) is 3.01. The van der Waals surface area contributed by atoms with Crippen molar-refractivity contribution in [3.05, 3.63) is 72.6 Å². The summed E-state index contributed by atoms with van der Waals surface area (Å²) < 4.78 is 11.5. The number of carbonyl (C=O) groups excluding carboxylic acids is 1. The number of aromatic nitrogens is 2. The normalized spacial score (nSPS) is 15.8. The van der Waals surface area contributed by atoms with Crippen LogP contribution in [0.2, 0.25) is 0 Å². The van der Waals surface area contributed by atoms with Gasteiger partial charge in [0.15, 0.2) is 5.03 Å². The second-order valence-corrected chi connectivity index (χ2v) is 7.56. The first-order valence-electron chi connectivity index (χ1n) is 9.50. The number of nitrogens with one attached hydrogen (secondary N) is 1. The van der Waals surface area contributed by atoms with E-state index in [1.54, 1.807) is 18.5 Å². The third-order valence-corrected chi connectivity index (χ3v) is 5.49. The standard InChI is InChI=1S/C22H21N3O3S/c26-20(25-15-17-9-6-14-27-17)18-10-4-5-11-19(18)29-22-21(23-12-13-24-22)28-16-7-2-1-3-8-16/h1-5,7-8,10-13,17H,6,9,14-15H2,(H,25,26). The zero-order chi connectivity index (χ0) is 19.9. The largest absolute Gasteiger partial charge is 0.437 e. The molecule has 4 rings (SSSR count). The minimum Gasteiger partial charge on any atom is -0.437 e. The van der Waals surface area contributed by atoms with E-state index in [1.165, 1.54) is 11.8 Å². The monoisotopic (exact) mass is 407 g/mol. The smallest absolute Gasteiger partial charge is 0.252 e. The van der Waals surface area contributed by atoms with E-state index in [9.17, 15) is 4.79 Å². The Kier molecular flexibility index (Phi) is 6.38. The summed E-state index contributed by atoms with van der Waals surface area (Å²) in [6.45, 7) is 1.29. The van der Waals surface area contributed by atoms with Crippen molar-refractivity contribution in [1.82, 2.24) is 15.3 Å². The Bertz CT molecular complexity index is 962. The molecule has 2 heterocycles. The lowest BCUT2D eigenvalue weighted by Gasteiger charge is -2.13. The molecule has 1 N–H and O–H groups in total. The number of nitrogens with zero attached hydrogens (tertiary/aromatic N) is 2. The van der Waals surface area contributed by atoms with Crippen LogP contribution in [0.1, 0.15) is 23.2 Å². The first-order chi connectivity index (χ1) is 14.3. The SMILES string of the molecule is O=C(NCC1CCCO1)c1ccccc1Sc1nccnc1Oc1ccccc1. The highest BCUT2D eigenvalue weighted by Crippen LogP contribution is 2.35. The molecule has 3 aromatic rings. The van der Waals surface area contributed by atoms with Crippen LogP contribution in [0.15, 0.2) is 76.9 Å². The molecule has 1 aliphatic rings. The molecular weight excluding hydrogens is 386 g/mol. The molecule has 1 atom stereocenters. The fraction of sp³-hybridized carbons (Fsp3) is 0.227. The number of carbonyl (C=O) groups is 1. The first-order valence-corrected chi connectivity index (χ1v) is 10.3. The van der Waals surface area contributed by atoms with Crippen molar-refractivity contribution in [2.24, 2.45) is 0 Å². The Morgan fingerprint density at radius 3 is 2.72 bits per heavy atom. The van der Waals surface area contributed by atoms with Gasteiger partial charge in [0, 0.05) is 30.4 Å². The molecular formula is C22H21N3O3S. The molecule has 1 aromatic heterocycles. The summed E-state index contributed by atoms with van der Waals surface area (Å²) in [5, 5.41) is 3.57. The van der Waals surface area contributed by atoms with Gasteiger partial charge in [0.05, 0.1) is 11.7 Å². The third-order valence-electron chi connectivity index (χ3n) is 4.44. The molecule has 0 spiro atoms. The molecule has 0 bridgehead atoms. The lowest BCUT2D eigenvalue weighted by Crippen LogP contribution is -2.32. The topological polar surface area (TPSA) is 73.3 Å². The molecule has 29 heavy (non-hydrogen) atoms. The molecule has 1 fully saturated rings. The third kappa shape index (κ3) is 5.13. The molecule has 1 unspecified atom stereocenters. The lowest BCUT2D eigenvalue weighted by atomic mass is 10.2. The second-order valence-electron chi connectivity index (χ2n) is 6.53. The number of rotatable bonds is 7. The average molecular weight is 407 g/mol. The molecule has 0 aliphatic carbocycles. The van der Waals surface area contributed by atoms with Gasteiger partial charge in [-0.1, -0.05) is 42.1 Å². The van der Waals surface area contributed by atoms with Gasteiger partial charge in [-0.25, -0.2) is 9.97 Å². The van der Waals surface area contributed by atoms with E-state index < -0.39 is 0 Å². The quantitative estimate of drug-likeness (QED) is 0.628. The minimum absolute atomic E-state index is 0.102. The Balaban J connectivity index is 1.50. The van der Waals surface area contributed by atoms with Crippen molar-refractivity contribution in [2.75, 3.05) is 13.2 Å². The van der Waals surface area contributed by atoms with Gasteiger partial charge in [0.25, 0.3) is 11.8 Å². The highest BCUT2D eigenvalue weighted by atomic mass is 32.2. The highest BCUT2D eigenvalue weighted by Gasteiger charge is 2.19. The summed E-state index contributed by atoms with van der Waals surface area (Å²) in [7, 11) is 0. The average Bonchev–Trinajstić information content (AvgIpc) is 3.28. The number of hydrogen-bond acceptors (Lipinski definition) is 6. The van der Waals surface area contributed by atoms with Crippen LogP contribution < -0.4 is 10.1 Å². The summed E-state index contributed by atoms with van der Waals surface area (Å²) in [5.41, 5.74) is 0.590. The van der Waals surface area contributed by atoms with Gasteiger partial charge in [-0.15, -0.1) is 0 Å². The predicted octanol–water partition coefficient (Wildman–Crippen LogP) is 4.33. The van der Waals surface area contributed by atoms with E-state index in [4.69, 9.17) is 9.47 Å². The van der Waals surface area contributed by atoms with Gasteiger partial charge >= 0.3 is 0 Å². The molecule has 148 valence electrons. The molecule has 0 radical (unpaired) electrons. The summed E-state index contributed by atoms with van der Waals surface area (Å²) in [6, 6.07) is 16.9. The van der Waals surface area contributed by atoms with Crippen molar-refractivity contribution < 1.29 is 14.3 Å². The summed E-state index contributed by atoms with van der Waals surface area (Å²) in [6.07, 6.45) is 5.33. The Morgan fingerprint density at radius 2 is 1.90 bits per heavy atom. The van der Waals surface area contributed by atoms with Crippen molar-refractivity contribution in [1.29, 1.82) is 0 Å². The zero-order valence-corrected chi connectivity index (χ0v) is 16.6. The van der Waals surface area contributed by atoms with Gasteiger partial charge in [-0.05, 0) is 37.1 Å². The number of amides is 1. The van der Waals surface area contributed by atoms with Crippen molar-refractivity contribution >= 4 is 17.7 Å². The van der Waals surface area contributed by atoms with Crippen LogP contribution in [-0.2, 0) is 4.74 Å². The van der Waals surface area contributed by atoms with Crippen LogP contribution in [0, 0.1) is 0 Å². The van der Waals surface area contributed by atoms with Gasteiger partial charge in [0.1, 0.15) is 5.75 Å². The lowest BCUT2D eigenvalue weighted by molar-refractivity contribution is 0.0855. The second kappa shape index (κ2) is 9.54. The van der Waals surface area contributed by atoms with E-state index in [0.717, 1.165) is 24.3 Å². The predicted molar refractivity (Wildman–Crippen MR) is 110 cm³/mol. The molecule has 0 saturated carbocycles. The Hall–Kier alpha value is -2.90. The Morgan fingerprint density at radius 1 is 1.10 bits per heavy atom. The van der Waals surface area contributed by atoms with Crippen LogP contribution in [0.4, 0.5) is 0 Å². The van der Waals surface area contributed by atoms with Crippen LogP contribution in [0.25, 0.3) is 0 Å². The van der Waals surface area contributed by atoms with Gasteiger partial charge in [-0.3, -0.25) is 4.79 Å². The van der Waals surface area contributed by atoms with Crippen LogP contribution in [0.3, 0.4) is 0 Å². The van der Waals surface area contributed by atoms with Crippen LogP contribution in [0.5, 0.6) is 11.6 Å². The zero-order valence-electron chi connectivity index (χ0n) is 15.8. The first kappa shape index (κ1) is 19.4. The van der Waals surface area contributed by atoms with Crippen LogP contribution in [-0.4, -0.2) is 35.1 Å². The van der Waals surface area contributed by atoms with Crippen LogP contribution >= 0.6 is 11.8 Å². The van der Waals surface area contributed by atoms with Gasteiger partial charge in [-0.2, -0.15) is 0 Å². The Labute approximate surface area is 173 Å². The van der Waals surface area contributed by atoms with Crippen molar-refractivity contribution in [2.45, 2.75) is 28.9 Å². The molecule has 2 aromatic carbocycles.